The van der Waals surface area contributed by atoms with Gasteiger partial charge in [0.25, 0.3) is 0 Å². The molecule has 0 amide bonds. The van der Waals surface area contributed by atoms with Gasteiger partial charge in [0.05, 0.1) is 0 Å². The van der Waals surface area contributed by atoms with Crippen LogP contribution < -0.4 is 0 Å². The lowest BCUT2D eigenvalue weighted by atomic mass is 9.85. The first-order valence-corrected chi connectivity index (χ1v) is 4.97. The lowest BCUT2D eigenvalue weighted by Crippen LogP contribution is -2.11. The van der Waals surface area contributed by atoms with Crippen LogP contribution in [-0.2, 0) is 0 Å². The Morgan fingerprint density at radius 3 is 2.40 bits per heavy atom. The van der Waals surface area contributed by atoms with Gasteiger partial charge in [0.2, 0.25) is 0 Å². The summed E-state index contributed by atoms with van der Waals surface area (Å²) in [6.07, 6.45) is 2.68. The van der Waals surface area contributed by atoms with E-state index in [9.17, 15) is 0 Å². The van der Waals surface area contributed by atoms with Crippen molar-refractivity contribution in [2.75, 3.05) is 5.75 Å². The molecular weight excluding hydrogens is 140 g/mol. The highest BCUT2D eigenvalue weighted by Crippen LogP contribution is 2.34. The summed E-state index contributed by atoms with van der Waals surface area (Å²) < 4.78 is 0. The van der Waals surface area contributed by atoms with Crippen molar-refractivity contribution in [2.45, 2.75) is 33.6 Å². The molecule has 0 aliphatic carbocycles. The van der Waals surface area contributed by atoms with Gasteiger partial charge in [-0.15, -0.1) is 11.8 Å². The predicted octanol–water partition coefficient (Wildman–Crippen LogP) is 3.44. The molecule has 0 N–H and O–H groups in total. The first-order valence-electron chi connectivity index (χ1n) is 3.92. The Kier molecular flexibility index (Phi) is 2.45. The minimum atomic E-state index is 0.410. The summed E-state index contributed by atoms with van der Waals surface area (Å²) in [6, 6.07) is 0. The van der Waals surface area contributed by atoms with Gasteiger partial charge in [-0.2, -0.15) is 0 Å². The van der Waals surface area contributed by atoms with E-state index < -0.39 is 0 Å². The van der Waals surface area contributed by atoms with Crippen molar-refractivity contribution in [3.05, 3.63) is 11.0 Å². The van der Waals surface area contributed by atoms with Gasteiger partial charge in [0, 0.05) is 0 Å². The summed E-state index contributed by atoms with van der Waals surface area (Å²) in [7, 11) is 0. The van der Waals surface area contributed by atoms with E-state index in [1.807, 2.05) is 11.8 Å². The second-order valence-electron chi connectivity index (χ2n) is 3.87. The molecule has 0 aromatic rings. The van der Waals surface area contributed by atoms with Crippen molar-refractivity contribution in [3.8, 4) is 0 Å². The molecule has 0 radical (unpaired) electrons. The molecule has 58 valence electrons. The van der Waals surface area contributed by atoms with Gasteiger partial charge in [-0.3, -0.25) is 0 Å². The van der Waals surface area contributed by atoms with Crippen molar-refractivity contribution in [3.63, 3.8) is 0 Å². The van der Waals surface area contributed by atoms with Gasteiger partial charge in [0.1, 0.15) is 0 Å². The lowest BCUT2D eigenvalue weighted by Gasteiger charge is -2.25. The normalized spacial score (nSPS) is 20.5. The summed E-state index contributed by atoms with van der Waals surface area (Å²) in [4.78, 5) is 0. The molecule has 0 atom stereocenters. The quantitative estimate of drug-likeness (QED) is 0.517. The summed E-state index contributed by atoms with van der Waals surface area (Å²) in [5, 5.41) is 2.35. The maximum Gasteiger partial charge on any atom is -0.00229 e. The van der Waals surface area contributed by atoms with Crippen LogP contribution in [0.3, 0.4) is 0 Å². The van der Waals surface area contributed by atoms with E-state index in [2.05, 4.69) is 26.2 Å². The van der Waals surface area contributed by atoms with Gasteiger partial charge >= 0.3 is 0 Å². The van der Waals surface area contributed by atoms with Crippen molar-refractivity contribution in [1.29, 1.82) is 0 Å². The van der Waals surface area contributed by atoms with Gasteiger partial charge in [-0.1, -0.05) is 26.3 Å². The van der Waals surface area contributed by atoms with Crippen LogP contribution in [0.2, 0.25) is 0 Å². The average molecular weight is 156 g/mol. The van der Waals surface area contributed by atoms with E-state index in [4.69, 9.17) is 0 Å². The van der Waals surface area contributed by atoms with E-state index in [1.165, 1.54) is 18.6 Å². The molecule has 0 aromatic carbocycles. The van der Waals surface area contributed by atoms with Crippen molar-refractivity contribution >= 4 is 11.8 Å². The predicted molar refractivity (Wildman–Crippen MR) is 49.2 cm³/mol. The minimum Gasteiger partial charge on any atom is -0.134 e. The molecule has 0 nitrogen and oxygen atoms in total. The van der Waals surface area contributed by atoms with E-state index >= 15 is 0 Å². The molecular formula is C9H16S. The molecule has 0 saturated heterocycles. The standard InChI is InChI=1S/C9H16S/c1-9(2,3)8-5-4-6-10-7-8/h7H,4-6H2,1-3H3. The Labute approximate surface area is 68.1 Å². The third-order valence-electron chi connectivity index (χ3n) is 1.90. The molecule has 1 aliphatic heterocycles. The van der Waals surface area contributed by atoms with Crippen LogP contribution in [0.5, 0.6) is 0 Å². The molecule has 1 aliphatic rings. The number of thioether (sulfide) groups is 1. The second kappa shape index (κ2) is 3.00. The van der Waals surface area contributed by atoms with Crippen molar-refractivity contribution in [2.24, 2.45) is 5.41 Å². The third kappa shape index (κ3) is 2.05. The fraction of sp³-hybridized carbons (Fsp3) is 0.778. The number of rotatable bonds is 0. The number of hydrogen-bond acceptors (Lipinski definition) is 1. The Morgan fingerprint density at radius 2 is 2.10 bits per heavy atom. The first-order chi connectivity index (χ1) is 4.61. The zero-order valence-electron chi connectivity index (χ0n) is 7.11. The Hall–Kier alpha value is 0.0900. The van der Waals surface area contributed by atoms with E-state index in [1.54, 1.807) is 5.57 Å². The molecule has 1 rings (SSSR count). The van der Waals surface area contributed by atoms with Crippen molar-refractivity contribution < 1.29 is 0 Å². The van der Waals surface area contributed by atoms with Crippen LogP contribution in [0.25, 0.3) is 0 Å². The SMILES string of the molecule is CC(C)(C)C1=CSCCC1. The summed E-state index contributed by atoms with van der Waals surface area (Å²) in [5.74, 6) is 1.32. The smallest absolute Gasteiger partial charge is 0.00229 e. The molecule has 0 bridgehead atoms. The fourth-order valence-corrected chi connectivity index (χ4v) is 2.22. The second-order valence-corrected chi connectivity index (χ2v) is 4.84. The van der Waals surface area contributed by atoms with E-state index in [-0.39, 0.29) is 0 Å². The summed E-state index contributed by atoms with van der Waals surface area (Å²) in [5.41, 5.74) is 2.04. The highest BCUT2D eigenvalue weighted by molar-refractivity contribution is 8.02. The van der Waals surface area contributed by atoms with Gasteiger partial charge < -0.3 is 0 Å². The highest BCUT2D eigenvalue weighted by Gasteiger charge is 2.17. The third-order valence-corrected chi connectivity index (χ3v) is 2.87. The van der Waals surface area contributed by atoms with E-state index in [0.29, 0.717) is 5.41 Å². The summed E-state index contributed by atoms with van der Waals surface area (Å²) in [6.45, 7) is 6.89. The topological polar surface area (TPSA) is 0 Å². The molecule has 0 unspecified atom stereocenters. The zero-order valence-corrected chi connectivity index (χ0v) is 7.92. The average Bonchev–Trinajstić information content (AvgIpc) is 1.88. The van der Waals surface area contributed by atoms with Gasteiger partial charge in [-0.25, -0.2) is 0 Å². The number of allylic oxidation sites excluding steroid dienone is 1. The Balaban J connectivity index is 2.62. The maximum absolute atomic E-state index is 2.35. The monoisotopic (exact) mass is 156 g/mol. The Morgan fingerprint density at radius 1 is 1.40 bits per heavy atom. The molecule has 1 heteroatoms. The molecule has 10 heavy (non-hydrogen) atoms. The molecule has 0 spiro atoms. The van der Waals surface area contributed by atoms with Crippen LogP contribution in [0, 0.1) is 5.41 Å². The number of hydrogen-bond donors (Lipinski definition) is 0. The van der Waals surface area contributed by atoms with Crippen LogP contribution in [0.4, 0.5) is 0 Å². The first kappa shape index (κ1) is 8.19. The molecule has 0 saturated carbocycles. The molecule has 0 fully saturated rings. The lowest BCUT2D eigenvalue weighted by molar-refractivity contribution is 0.480. The molecule has 1 heterocycles. The van der Waals surface area contributed by atoms with Crippen LogP contribution in [0.15, 0.2) is 11.0 Å². The maximum atomic E-state index is 2.35. The van der Waals surface area contributed by atoms with Gasteiger partial charge in [0.15, 0.2) is 0 Å². The van der Waals surface area contributed by atoms with Crippen LogP contribution >= 0.6 is 11.8 Å². The van der Waals surface area contributed by atoms with Crippen LogP contribution in [0.1, 0.15) is 33.6 Å². The Bertz CT molecular complexity index is 139. The van der Waals surface area contributed by atoms with Crippen LogP contribution in [-0.4, -0.2) is 5.75 Å². The highest BCUT2D eigenvalue weighted by atomic mass is 32.2. The zero-order chi connectivity index (χ0) is 7.61. The van der Waals surface area contributed by atoms with Gasteiger partial charge in [-0.05, 0) is 29.4 Å². The summed E-state index contributed by atoms with van der Waals surface area (Å²) >= 11 is 1.97. The van der Waals surface area contributed by atoms with E-state index in [0.717, 1.165) is 0 Å². The van der Waals surface area contributed by atoms with Crippen molar-refractivity contribution in [1.82, 2.24) is 0 Å². The largest absolute Gasteiger partial charge is 0.134 e. The molecule has 0 aromatic heterocycles. The fourth-order valence-electron chi connectivity index (χ4n) is 1.12. The minimum absolute atomic E-state index is 0.410.